The second-order valence-electron chi connectivity index (χ2n) is 5.24. The summed E-state index contributed by atoms with van der Waals surface area (Å²) in [4.78, 5) is 8.16. The molecule has 0 aliphatic heterocycles. The molecular weight excluding hydrogens is 264 g/mol. The Morgan fingerprint density at radius 2 is 1.90 bits per heavy atom. The van der Waals surface area contributed by atoms with Crippen LogP contribution in [0.5, 0.6) is 0 Å². The monoisotopic (exact) mass is 278 g/mol. The number of anilines is 2. The highest BCUT2D eigenvalue weighted by Crippen LogP contribution is 2.24. The molecule has 0 radical (unpaired) electrons. The average Bonchev–Trinajstić information content (AvgIpc) is 2.97. The van der Waals surface area contributed by atoms with E-state index < -0.39 is 5.41 Å². The zero-order chi connectivity index (χ0) is 14.9. The van der Waals surface area contributed by atoms with E-state index in [4.69, 9.17) is 5.26 Å². The van der Waals surface area contributed by atoms with Crippen molar-refractivity contribution in [1.29, 1.82) is 5.26 Å². The lowest BCUT2D eigenvalue weighted by atomic mass is 9.86. The van der Waals surface area contributed by atoms with Crippen molar-refractivity contribution in [2.24, 2.45) is 0 Å². The minimum atomic E-state index is -0.492. The smallest absolute Gasteiger partial charge is 0.254 e. The van der Waals surface area contributed by atoms with Crippen molar-refractivity contribution in [2.45, 2.75) is 19.3 Å². The van der Waals surface area contributed by atoms with E-state index in [2.05, 4.69) is 26.5 Å². The summed E-state index contributed by atoms with van der Waals surface area (Å²) >= 11 is 0. The Balaban J connectivity index is 1.89. The summed E-state index contributed by atoms with van der Waals surface area (Å²) in [5.74, 6) is 1.33. The Hall–Kier alpha value is -2.94. The minimum absolute atomic E-state index is 0.492. The highest BCUT2D eigenvalue weighted by molar-refractivity contribution is 5.58. The third-order valence-electron chi connectivity index (χ3n) is 3.34. The van der Waals surface area contributed by atoms with E-state index in [9.17, 15) is 0 Å². The third kappa shape index (κ3) is 2.41. The van der Waals surface area contributed by atoms with Crippen molar-refractivity contribution in [1.82, 2.24) is 19.6 Å². The van der Waals surface area contributed by atoms with E-state index in [0.29, 0.717) is 5.78 Å². The molecule has 3 aromatic rings. The number of aromatic nitrogens is 4. The van der Waals surface area contributed by atoms with Gasteiger partial charge in [-0.2, -0.15) is 19.9 Å². The molecule has 1 N–H and O–H groups in total. The minimum Gasteiger partial charge on any atom is -0.340 e. The van der Waals surface area contributed by atoms with E-state index >= 15 is 0 Å². The first-order valence-corrected chi connectivity index (χ1v) is 6.54. The summed E-state index contributed by atoms with van der Waals surface area (Å²) in [5.41, 5.74) is 1.40. The largest absolute Gasteiger partial charge is 0.340 e. The number of nitrogens with zero attached hydrogens (tertiary/aromatic N) is 5. The van der Waals surface area contributed by atoms with Crippen molar-refractivity contribution >= 4 is 17.3 Å². The summed E-state index contributed by atoms with van der Waals surface area (Å²) in [7, 11) is 0. The molecule has 0 saturated heterocycles. The van der Waals surface area contributed by atoms with Gasteiger partial charge in [-0.05, 0) is 37.6 Å². The average molecular weight is 278 g/mol. The maximum atomic E-state index is 9.16. The second kappa shape index (κ2) is 4.87. The van der Waals surface area contributed by atoms with Gasteiger partial charge in [0.1, 0.15) is 12.1 Å². The first-order chi connectivity index (χ1) is 10.1. The zero-order valence-electron chi connectivity index (χ0n) is 11.8. The van der Waals surface area contributed by atoms with Crippen LogP contribution in [0.1, 0.15) is 19.4 Å². The van der Waals surface area contributed by atoms with Crippen LogP contribution in [0, 0.1) is 11.3 Å². The molecule has 0 amide bonds. The van der Waals surface area contributed by atoms with Crippen LogP contribution < -0.4 is 5.32 Å². The molecule has 21 heavy (non-hydrogen) atoms. The van der Waals surface area contributed by atoms with Gasteiger partial charge in [-0.25, -0.2) is 4.98 Å². The molecule has 0 bridgehead atoms. The molecule has 2 heterocycles. The first-order valence-electron chi connectivity index (χ1n) is 6.54. The number of fused-ring (bicyclic) bond motifs is 1. The molecule has 3 rings (SSSR count). The van der Waals surface area contributed by atoms with Crippen LogP contribution in [-0.2, 0) is 5.41 Å². The Morgan fingerprint density at radius 3 is 2.62 bits per heavy atom. The first kappa shape index (κ1) is 13.1. The SMILES string of the molecule is CC(C)(C#N)c1ccc(Nc2ccnc3ncnn23)cc1. The molecule has 0 saturated carbocycles. The van der Waals surface area contributed by atoms with Gasteiger partial charge < -0.3 is 5.32 Å². The molecule has 6 heteroatoms. The van der Waals surface area contributed by atoms with E-state index in [1.165, 1.54) is 6.33 Å². The van der Waals surface area contributed by atoms with Gasteiger partial charge in [-0.1, -0.05) is 12.1 Å². The summed E-state index contributed by atoms with van der Waals surface area (Å²) in [6, 6.07) is 11.9. The second-order valence-corrected chi connectivity index (χ2v) is 5.24. The lowest BCUT2D eigenvalue weighted by Crippen LogP contribution is -2.13. The Morgan fingerprint density at radius 1 is 1.14 bits per heavy atom. The molecule has 0 spiro atoms. The molecule has 0 aliphatic carbocycles. The molecule has 2 aromatic heterocycles. The van der Waals surface area contributed by atoms with Crippen molar-refractivity contribution in [3.63, 3.8) is 0 Å². The molecule has 0 aliphatic rings. The highest BCUT2D eigenvalue weighted by atomic mass is 15.3. The van der Waals surface area contributed by atoms with Crippen LogP contribution in [0.4, 0.5) is 11.5 Å². The number of benzene rings is 1. The predicted molar refractivity (Wildman–Crippen MR) is 79.1 cm³/mol. The number of nitrogens with one attached hydrogen (secondary N) is 1. The van der Waals surface area contributed by atoms with Gasteiger partial charge in [0.05, 0.1) is 11.5 Å². The van der Waals surface area contributed by atoms with Gasteiger partial charge in [-0.15, -0.1) is 0 Å². The van der Waals surface area contributed by atoms with E-state index in [-0.39, 0.29) is 0 Å². The topological polar surface area (TPSA) is 78.9 Å². The zero-order valence-corrected chi connectivity index (χ0v) is 11.8. The number of rotatable bonds is 3. The van der Waals surface area contributed by atoms with Crippen LogP contribution in [0.25, 0.3) is 5.78 Å². The fraction of sp³-hybridized carbons (Fsp3) is 0.200. The molecule has 0 unspecified atom stereocenters. The van der Waals surface area contributed by atoms with Crippen molar-refractivity contribution in [2.75, 3.05) is 5.32 Å². The van der Waals surface area contributed by atoms with Gasteiger partial charge in [0, 0.05) is 11.9 Å². The molecular formula is C15H14N6. The molecule has 6 nitrogen and oxygen atoms in total. The highest BCUT2D eigenvalue weighted by Gasteiger charge is 2.19. The maximum Gasteiger partial charge on any atom is 0.254 e. The lowest BCUT2D eigenvalue weighted by Gasteiger charge is -2.16. The van der Waals surface area contributed by atoms with Crippen LogP contribution in [-0.4, -0.2) is 19.6 Å². The normalized spacial score (nSPS) is 11.3. The predicted octanol–water partition coefficient (Wildman–Crippen LogP) is 2.67. The summed E-state index contributed by atoms with van der Waals surface area (Å²) in [5, 5.41) is 16.5. The lowest BCUT2D eigenvalue weighted by molar-refractivity contribution is 0.687. The van der Waals surface area contributed by atoms with Crippen molar-refractivity contribution < 1.29 is 0 Å². The van der Waals surface area contributed by atoms with Gasteiger partial charge in [0.25, 0.3) is 5.78 Å². The molecule has 0 fully saturated rings. The summed E-state index contributed by atoms with van der Waals surface area (Å²) < 4.78 is 1.63. The van der Waals surface area contributed by atoms with Crippen molar-refractivity contribution in [3.8, 4) is 6.07 Å². The summed E-state index contributed by atoms with van der Waals surface area (Å²) in [6.07, 6.45) is 3.14. The Bertz CT molecular complexity index is 810. The van der Waals surface area contributed by atoms with Crippen LogP contribution in [0.3, 0.4) is 0 Å². The molecule has 0 atom stereocenters. The van der Waals surface area contributed by atoms with Gasteiger partial charge in [0.15, 0.2) is 0 Å². The van der Waals surface area contributed by atoms with Crippen LogP contribution in [0.15, 0.2) is 42.9 Å². The fourth-order valence-corrected chi connectivity index (χ4v) is 2.02. The van der Waals surface area contributed by atoms with Gasteiger partial charge >= 0.3 is 0 Å². The quantitative estimate of drug-likeness (QED) is 0.796. The number of hydrogen-bond donors (Lipinski definition) is 1. The fourth-order valence-electron chi connectivity index (χ4n) is 2.02. The van der Waals surface area contributed by atoms with E-state index in [1.807, 2.05) is 44.2 Å². The van der Waals surface area contributed by atoms with Crippen LogP contribution in [0.2, 0.25) is 0 Å². The third-order valence-corrected chi connectivity index (χ3v) is 3.34. The Kier molecular flexibility index (Phi) is 3.03. The van der Waals surface area contributed by atoms with E-state index in [1.54, 1.807) is 10.7 Å². The van der Waals surface area contributed by atoms with Crippen molar-refractivity contribution in [3.05, 3.63) is 48.4 Å². The number of nitriles is 1. The van der Waals surface area contributed by atoms with Gasteiger partial charge in [0.2, 0.25) is 0 Å². The maximum absolute atomic E-state index is 9.16. The standard InChI is InChI=1S/C15H14N6/c1-15(2,9-16)11-3-5-12(6-4-11)20-13-7-8-17-14-18-10-19-21(13)14/h3-8,10,20H,1-2H3. The molecule has 104 valence electrons. The van der Waals surface area contributed by atoms with Gasteiger partial charge in [-0.3, -0.25) is 0 Å². The van der Waals surface area contributed by atoms with E-state index in [0.717, 1.165) is 17.1 Å². The van der Waals surface area contributed by atoms with Crippen LogP contribution >= 0.6 is 0 Å². The summed E-state index contributed by atoms with van der Waals surface area (Å²) in [6.45, 7) is 3.80. The number of hydrogen-bond acceptors (Lipinski definition) is 5. The molecule has 1 aromatic carbocycles. The Labute approximate surface area is 122 Å².